The lowest BCUT2D eigenvalue weighted by Crippen LogP contribution is -2.14. The van der Waals surface area contributed by atoms with Gasteiger partial charge in [-0.3, -0.25) is 0 Å². The molecule has 0 aliphatic carbocycles. The lowest BCUT2D eigenvalue weighted by Gasteiger charge is -2.09. The summed E-state index contributed by atoms with van der Waals surface area (Å²) in [6, 6.07) is 20.0. The molecule has 0 aliphatic heterocycles. The number of halogens is 1. The van der Waals surface area contributed by atoms with E-state index in [1.54, 1.807) is 6.20 Å². The second kappa shape index (κ2) is 9.77. The van der Waals surface area contributed by atoms with Gasteiger partial charge in [-0.25, -0.2) is 4.98 Å². The summed E-state index contributed by atoms with van der Waals surface area (Å²) in [6.07, 6.45) is 2.68. The van der Waals surface area contributed by atoms with Gasteiger partial charge >= 0.3 is 0 Å². The normalized spacial score (nSPS) is 10.3. The molecule has 0 atom stereocenters. The van der Waals surface area contributed by atoms with Crippen molar-refractivity contribution in [1.29, 1.82) is 0 Å². The van der Waals surface area contributed by atoms with E-state index in [0.717, 1.165) is 29.0 Å². The Bertz CT molecular complexity index is 796. The highest BCUT2D eigenvalue weighted by Crippen LogP contribution is 2.12. The smallest absolute Gasteiger partial charge is 0.224 e. The Morgan fingerprint density at radius 3 is 2.50 bits per heavy atom. The van der Waals surface area contributed by atoms with Crippen LogP contribution in [0.4, 0.5) is 11.8 Å². The van der Waals surface area contributed by atoms with E-state index in [0.29, 0.717) is 19.1 Å². The molecule has 1 aromatic heterocycles. The van der Waals surface area contributed by atoms with Crippen LogP contribution >= 0.6 is 15.9 Å². The van der Waals surface area contributed by atoms with Crippen LogP contribution in [0.25, 0.3) is 0 Å². The lowest BCUT2D eigenvalue weighted by atomic mass is 10.1. The van der Waals surface area contributed by atoms with E-state index in [2.05, 4.69) is 60.8 Å². The maximum Gasteiger partial charge on any atom is 0.224 e. The van der Waals surface area contributed by atoms with Crippen LogP contribution in [0.3, 0.4) is 0 Å². The summed E-state index contributed by atoms with van der Waals surface area (Å²) < 4.78 is 6.74. The molecule has 26 heavy (non-hydrogen) atoms. The Labute approximate surface area is 162 Å². The van der Waals surface area contributed by atoms with Crippen molar-refractivity contribution in [2.75, 3.05) is 30.3 Å². The number of benzene rings is 2. The molecule has 0 aliphatic rings. The van der Waals surface area contributed by atoms with E-state index in [-0.39, 0.29) is 0 Å². The molecule has 0 saturated heterocycles. The van der Waals surface area contributed by atoms with E-state index in [1.807, 2.05) is 36.4 Å². The molecule has 3 aromatic rings. The van der Waals surface area contributed by atoms with Gasteiger partial charge in [-0.05, 0) is 42.3 Å². The third-order valence-corrected chi connectivity index (χ3v) is 4.21. The van der Waals surface area contributed by atoms with Crippen molar-refractivity contribution in [3.63, 3.8) is 0 Å². The zero-order valence-corrected chi connectivity index (χ0v) is 15.9. The van der Waals surface area contributed by atoms with Gasteiger partial charge in [0, 0.05) is 17.2 Å². The van der Waals surface area contributed by atoms with Gasteiger partial charge in [0.1, 0.15) is 18.2 Å². The van der Waals surface area contributed by atoms with Gasteiger partial charge in [0.15, 0.2) is 0 Å². The van der Waals surface area contributed by atoms with E-state index in [4.69, 9.17) is 4.74 Å². The molecule has 1 heterocycles. The number of anilines is 2. The molecular formula is C20H21BrN4O. The molecule has 5 nitrogen and oxygen atoms in total. The molecule has 2 N–H and O–H groups in total. The highest BCUT2D eigenvalue weighted by atomic mass is 79.9. The minimum Gasteiger partial charge on any atom is -0.492 e. The second-order valence-corrected chi connectivity index (χ2v) is 6.57. The molecule has 0 bridgehead atoms. The molecule has 0 spiro atoms. The summed E-state index contributed by atoms with van der Waals surface area (Å²) in [5.41, 5.74) is 1.28. The first-order valence-corrected chi connectivity index (χ1v) is 9.32. The zero-order valence-electron chi connectivity index (χ0n) is 14.4. The summed E-state index contributed by atoms with van der Waals surface area (Å²) >= 11 is 3.45. The number of aromatic nitrogens is 2. The minimum atomic E-state index is 0.550. The molecule has 0 amide bonds. The van der Waals surface area contributed by atoms with Gasteiger partial charge < -0.3 is 15.4 Å². The Morgan fingerprint density at radius 2 is 1.69 bits per heavy atom. The fourth-order valence-corrected chi connectivity index (χ4v) is 2.64. The Kier molecular flexibility index (Phi) is 6.84. The van der Waals surface area contributed by atoms with Crippen LogP contribution in [-0.2, 0) is 6.42 Å². The van der Waals surface area contributed by atoms with Gasteiger partial charge in [-0.1, -0.05) is 46.3 Å². The monoisotopic (exact) mass is 412 g/mol. The molecule has 0 fully saturated rings. The highest BCUT2D eigenvalue weighted by molar-refractivity contribution is 9.10. The molecular weight excluding hydrogens is 392 g/mol. The SMILES string of the molecule is Brc1ccc(CCNc2ccnc(NCCOc3ccccc3)n2)cc1. The maximum absolute atomic E-state index is 5.64. The van der Waals surface area contributed by atoms with Crippen LogP contribution in [0.1, 0.15) is 5.56 Å². The van der Waals surface area contributed by atoms with Gasteiger partial charge in [-0.15, -0.1) is 0 Å². The average Bonchev–Trinajstić information content (AvgIpc) is 2.68. The first-order valence-electron chi connectivity index (χ1n) is 8.53. The molecule has 134 valence electrons. The first-order chi connectivity index (χ1) is 12.8. The quantitative estimate of drug-likeness (QED) is 0.510. The third kappa shape index (κ3) is 6.04. The Balaban J connectivity index is 1.40. The van der Waals surface area contributed by atoms with Crippen LogP contribution in [-0.4, -0.2) is 29.7 Å². The van der Waals surface area contributed by atoms with E-state index in [1.165, 1.54) is 5.56 Å². The summed E-state index contributed by atoms with van der Waals surface area (Å²) in [6.45, 7) is 2.00. The van der Waals surface area contributed by atoms with Crippen molar-refractivity contribution in [2.24, 2.45) is 0 Å². The zero-order chi connectivity index (χ0) is 18.0. The number of hydrogen-bond donors (Lipinski definition) is 2. The lowest BCUT2D eigenvalue weighted by molar-refractivity contribution is 0.332. The molecule has 6 heteroatoms. The third-order valence-electron chi connectivity index (χ3n) is 3.69. The molecule has 0 radical (unpaired) electrons. The van der Waals surface area contributed by atoms with Crippen molar-refractivity contribution in [3.05, 3.63) is 76.9 Å². The van der Waals surface area contributed by atoms with Crippen molar-refractivity contribution in [2.45, 2.75) is 6.42 Å². The summed E-state index contributed by atoms with van der Waals surface area (Å²) in [4.78, 5) is 8.70. The van der Waals surface area contributed by atoms with Gasteiger partial charge in [0.25, 0.3) is 0 Å². The molecule has 2 aromatic carbocycles. The number of para-hydroxylation sites is 1. The van der Waals surface area contributed by atoms with Crippen LogP contribution in [0.15, 0.2) is 71.3 Å². The largest absolute Gasteiger partial charge is 0.492 e. The predicted octanol–water partition coefficient (Wildman–Crippen LogP) is 4.38. The first kappa shape index (κ1) is 18.2. The fourth-order valence-electron chi connectivity index (χ4n) is 2.38. The summed E-state index contributed by atoms with van der Waals surface area (Å²) in [7, 11) is 0. The predicted molar refractivity (Wildman–Crippen MR) is 109 cm³/mol. The van der Waals surface area contributed by atoms with Gasteiger partial charge in [-0.2, -0.15) is 4.98 Å². The maximum atomic E-state index is 5.64. The summed E-state index contributed by atoms with van der Waals surface area (Å²) in [5, 5.41) is 6.51. The fraction of sp³-hybridized carbons (Fsp3) is 0.200. The van der Waals surface area contributed by atoms with Gasteiger partial charge in [0.05, 0.1) is 6.54 Å². The van der Waals surface area contributed by atoms with Crippen molar-refractivity contribution >= 4 is 27.7 Å². The van der Waals surface area contributed by atoms with Crippen LogP contribution in [0.2, 0.25) is 0 Å². The summed E-state index contributed by atoms with van der Waals surface area (Å²) in [5.74, 6) is 2.26. The highest BCUT2D eigenvalue weighted by Gasteiger charge is 2.00. The van der Waals surface area contributed by atoms with Crippen molar-refractivity contribution < 1.29 is 4.74 Å². The van der Waals surface area contributed by atoms with E-state index < -0.39 is 0 Å². The van der Waals surface area contributed by atoms with Crippen LogP contribution < -0.4 is 15.4 Å². The molecule has 3 rings (SSSR count). The van der Waals surface area contributed by atoms with Crippen LogP contribution in [0, 0.1) is 0 Å². The van der Waals surface area contributed by atoms with Crippen molar-refractivity contribution in [1.82, 2.24) is 9.97 Å². The number of hydrogen-bond acceptors (Lipinski definition) is 5. The van der Waals surface area contributed by atoms with E-state index in [9.17, 15) is 0 Å². The van der Waals surface area contributed by atoms with Gasteiger partial charge in [0.2, 0.25) is 5.95 Å². The van der Waals surface area contributed by atoms with Crippen LogP contribution in [0.5, 0.6) is 5.75 Å². The number of nitrogens with one attached hydrogen (secondary N) is 2. The van der Waals surface area contributed by atoms with Crippen molar-refractivity contribution in [3.8, 4) is 5.75 Å². The number of ether oxygens (including phenoxy) is 1. The topological polar surface area (TPSA) is 59.1 Å². The average molecular weight is 413 g/mol. The molecule has 0 unspecified atom stereocenters. The second-order valence-electron chi connectivity index (χ2n) is 5.66. The molecule has 0 saturated carbocycles. The Hall–Kier alpha value is -2.60. The Morgan fingerprint density at radius 1 is 0.885 bits per heavy atom. The minimum absolute atomic E-state index is 0.550. The van der Waals surface area contributed by atoms with E-state index >= 15 is 0 Å². The number of rotatable bonds is 9. The standard InChI is InChI=1S/C20H21BrN4O/c21-17-8-6-16(7-9-17)10-12-22-19-11-13-23-20(25-19)24-14-15-26-18-4-2-1-3-5-18/h1-9,11,13H,10,12,14-15H2,(H2,22,23,24,25). The number of nitrogens with zero attached hydrogens (tertiary/aromatic N) is 2.